The molecule has 0 unspecified atom stereocenters. The zero-order valence-electron chi connectivity index (χ0n) is 15.6. The second-order valence-corrected chi connectivity index (χ2v) is 7.43. The van der Waals surface area contributed by atoms with Crippen LogP contribution in [0.3, 0.4) is 0 Å². The minimum absolute atomic E-state index is 0.0870. The second kappa shape index (κ2) is 8.88. The number of hydrogen-bond donors (Lipinski definition) is 3. The van der Waals surface area contributed by atoms with Crippen LogP contribution in [0.4, 0.5) is 10.5 Å². The summed E-state index contributed by atoms with van der Waals surface area (Å²) in [6, 6.07) is 6.16. The molecule has 1 saturated heterocycles. The van der Waals surface area contributed by atoms with E-state index in [4.69, 9.17) is 5.73 Å². The number of carbonyl (C=O) groups excluding carboxylic acids is 3. The highest BCUT2D eigenvalue weighted by Gasteiger charge is 2.37. The standard InChI is InChI=1S/C20H28N4O3/c21-20(27)23-16-10-8-14(9-11-16)13-22-18(25)17-7-4-12-24(17)19(26)15-5-2-1-3-6-15/h8-11,15,17H,1-7,12-13H2,(H,22,25)(H3,21,23,27)/t17-/m1/s1. The summed E-state index contributed by atoms with van der Waals surface area (Å²) in [6.45, 7) is 1.07. The lowest BCUT2D eigenvalue weighted by Crippen LogP contribution is -2.47. The van der Waals surface area contributed by atoms with E-state index in [0.29, 0.717) is 18.8 Å². The van der Waals surface area contributed by atoms with E-state index >= 15 is 0 Å². The first-order valence-corrected chi connectivity index (χ1v) is 9.78. The number of amides is 4. The summed E-state index contributed by atoms with van der Waals surface area (Å²) < 4.78 is 0. The number of carbonyl (C=O) groups is 3. The maximum Gasteiger partial charge on any atom is 0.316 e. The summed E-state index contributed by atoms with van der Waals surface area (Å²) in [4.78, 5) is 38.1. The fourth-order valence-corrected chi connectivity index (χ4v) is 4.04. The van der Waals surface area contributed by atoms with Crippen molar-refractivity contribution in [1.82, 2.24) is 10.2 Å². The first-order chi connectivity index (χ1) is 13.0. The molecule has 1 atom stereocenters. The van der Waals surface area contributed by atoms with E-state index in [0.717, 1.165) is 44.1 Å². The third-order valence-corrected chi connectivity index (χ3v) is 5.48. The molecule has 0 bridgehead atoms. The Morgan fingerprint density at radius 1 is 1.00 bits per heavy atom. The quantitative estimate of drug-likeness (QED) is 0.739. The maximum atomic E-state index is 12.8. The molecule has 4 amide bonds. The molecule has 1 saturated carbocycles. The molecule has 4 N–H and O–H groups in total. The molecule has 1 aromatic rings. The molecule has 3 rings (SSSR count). The van der Waals surface area contributed by atoms with Crippen LogP contribution in [0.1, 0.15) is 50.5 Å². The van der Waals surface area contributed by atoms with Crippen molar-refractivity contribution in [1.29, 1.82) is 0 Å². The number of primary amides is 1. The van der Waals surface area contributed by atoms with Crippen molar-refractivity contribution in [2.24, 2.45) is 11.7 Å². The summed E-state index contributed by atoms with van der Waals surface area (Å²) >= 11 is 0. The first-order valence-electron chi connectivity index (χ1n) is 9.78. The molecule has 146 valence electrons. The number of likely N-dealkylation sites (tertiary alicyclic amines) is 1. The summed E-state index contributed by atoms with van der Waals surface area (Å²) in [5.74, 6) is 0.169. The predicted molar refractivity (Wildman–Crippen MR) is 103 cm³/mol. The van der Waals surface area contributed by atoms with Crippen molar-refractivity contribution in [3.8, 4) is 0 Å². The summed E-state index contributed by atoms with van der Waals surface area (Å²) in [5.41, 5.74) is 6.61. The van der Waals surface area contributed by atoms with Gasteiger partial charge in [-0.25, -0.2) is 4.79 Å². The lowest BCUT2D eigenvalue weighted by atomic mass is 9.88. The normalized spacial score (nSPS) is 20.3. The van der Waals surface area contributed by atoms with Gasteiger partial charge in [0.2, 0.25) is 11.8 Å². The van der Waals surface area contributed by atoms with Crippen LogP contribution in [-0.2, 0) is 16.1 Å². The molecule has 2 aliphatic rings. The van der Waals surface area contributed by atoms with Crippen LogP contribution < -0.4 is 16.4 Å². The van der Waals surface area contributed by atoms with Gasteiger partial charge >= 0.3 is 6.03 Å². The fraction of sp³-hybridized carbons (Fsp3) is 0.550. The minimum Gasteiger partial charge on any atom is -0.351 e. The Hall–Kier alpha value is -2.57. The van der Waals surface area contributed by atoms with Crippen molar-refractivity contribution < 1.29 is 14.4 Å². The van der Waals surface area contributed by atoms with Crippen molar-refractivity contribution >= 4 is 23.5 Å². The van der Waals surface area contributed by atoms with Crippen molar-refractivity contribution in [3.63, 3.8) is 0 Å². The Morgan fingerprint density at radius 2 is 1.70 bits per heavy atom. The van der Waals surface area contributed by atoms with Gasteiger partial charge in [-0.3, -0.25) is 9.59 Å². The number of nitrogens with two attached hydrogens (primary N) is 1. The number of nitrogens with one attached hydrogen (secondary N) is 2. The SMILES string of the molecule is NC(=O)Nc1ccc(CNC(=O)[C@H]2CCCN2C(=O)C2CCCCC2)cc1. The Kier molecular flexibility index (Phi) is 6.32. The van der Waals surface area contributed by atoms with E-state index < -0.39 is 6.03 Å². The van der Waals surface area contributed by atoms with E-state index in [9.17, 15) is 14.4 Å². The van der Waals surface area contributed by atoms with Crippen LogP contribution in [0.2, 0.25) is 0 Å². The van der Waals surface area contributed by atoms with Gasteiger partial charge in [-0.1, -0.05) is 31.4 Å². The van der Waals surface area contributed by atoms with E-state index in [2.05, 4.69) is 10.6 Å². The molecular weight excluding hydrogens is 344 g/mol. The summed E-state index contributed by atoms with van der Waals surface area (Å²) in [7, 11) is 0. The van der Waals surface area contributed by atoms with Gasteiger partial charge in [-0.05, 0) is 43.4 Å². The molecule has 0 aromatic heterocycles. The van der Waals surface area contributed by atoms with Gasteiger partial charge < -0.3 is 21.3 Å². The molecule has 1 heterocycles. The Labute approximate surface area is 159 Å². The zero-order valence-corrected chi connectivity index (χ0v) is 15.6. The van der Waals surface area contributed by atoms with Crippen LogP contribution in [0.25, 0.3) is 0 Å². The molecule has 7 heteroatoms. The molecule has 0 radical (unpaired) electrons. The summed E-state index contributed by atoms with van der Waals surface area (Å²) in [5, 5.41) is 5.44. The highest BCUT2D eigenvalue weighted by atomic mass is 16.2. The molecule has 27 heavy (non-hydrogen) atoms. The van der Waals surface area contributed by atoms with Crippen LogP contribution in [0, 0.1) is 5.92 Å². The second-order valence-electron chi connectivity index (χ2n) is 7.43. The average molecular weight is 372 g/mol. The van der Waals surface area contributed by atoms with Crippen LogP contribution in [-0.4, -0.2) is 35.3 Å². The molecule has 7 nitrogen and oxygen atoms in total. The van der Waals surface area contributed by atoms with Gasteiger partial charge in [-0.2, -0.15) is 0 Å². The van der Waals surface area contributed by atoms with E-state index in [-0.39, 0.29) is 23.8 Å². The van der Waals surface area contributed by atoms with E-state index in [1.807, 2.05) is 12.1 Å². The lowest BCUT2D eigenvalue weighted by Gasteiger charge is -2.30. The van der Waals surface area contributed by atoms with Crippen molar-refractivity contribution in [2.45, 2.75) is 57.5 Å². The topological polar surface area (TPSA) is 105 Å². The lowest BCUT2D eigenvalue weighted by molar-refractivity contribution is -0.142. The number of urea groups is 1. The van der Waals surface area contributed by atoms with Crippen molar-refractivity contribution in [2.75, 3.05) is 11.9 Å². The number of rotatable bonds is 5. The molecule has 1 aliphatic heterocycles. The molecule has 0 spiro atoms. The number of nitrogens with zero attached hydrogens (tertiary/aromatic N) is 1. The Bertz CT molecular complexity index is 683. The minimum atomic E-state index is -0.611. The summed E-state index contributed by atoms with van der Waals surface area (Å²) in [6.07, 6.45) is 6.95. The third kappa shape index (κ3) is 4.99. The van der Waals surface area contributed by atoms with Gasteiger partial charge in [0.1, 0.15) is 6.04 Å². The predicted octanol–water partition coefficient (Wildman–Crippen LogP) is 2.36. The fourth-order valence-electron chi connectivity index (χ4n) is 4.04. The van der Waals surface area contributed by atoms with Gasteiger partial charge in [0.05, 0.1) is 0 Å². The number of hydrogen-bond acceptors (Lipinski definition) is 3. The maximum absolute atomic E-state index is 12.8. The largest absolute Gasteiger partial charge is 0.351 e. The highest BCUT2D eigenvalue weighted by molar-refractivity contribution is 5.89. The zero-order chi connectivity index (χ0) is 19.2. The number of anilines is 1. The van der Waals surface area contributed by atoms with Crippen molar-refractivity contribution in [3.05, 3.63) is 29.8 Å². The van der Waals surface area contributed by atoms with E-state index in [1.54, 1.807) is 17.0 Å². The molecular formula is C20H28N4O3. The molecule has 1 aliphatic carbocycles. The molecule has 1 aromatic carbocycles. The van der Waals surface area contributed by atoms with Gasteiger partial charge in [0.25, 0.3) is 0 Å². The third-order valence-electron chi connectivity index (χ3n) is 5.48. The van der Waals surface area contributed by atoms with Crippen LogP contribution in [0.5, 0.6) is 0 Å². The molecule has 2 fully saturated rings. The Balaban J connectivity index is 1.53. The smallest absolute Gasteiger partial charge is 0.316 e. The monoisotopic (exact) mass is 372 g/mol. The van der Waals surface area contributed by atoms with Gasteiger partial charge in [0.15, 0.2) is 0 Å². The average Bonchev–Trinajstić information content (AvgIpc) is 3.17. The van der Waals surface area contributed by atoms with Crippen LogP contribution >= 0.6 is 0 Å². The highest BCUT2D eigenvalue weighted by Crippen LogP contribution is 2.28. The Morgan fingerprint density at radius 3 is 2.37 bits per heavy atom. The van der Waals surface area contributed by atoms with Crippen LogP contribution in [0.15, 0.2) is 24.3 Å². The number of benzene rings is 1. The van der Waals surface area contributed by atoms with Gasteiger partial charge in [-0.15, -0.1) is 0 Å². The van der Waals surface area contributed by atoms with Gasteiger partial charge in [0, 0.05) is 24.7 Å². The first kappa shape index (κ1) is 19.2. The van der Waals surface area contributed by atoms with E-state index in [1.165, 1.54) is 6.42 Å².